The van der Waals surface area contributed by atoms with E-state index >= 15 is 0 Å². The van der Waals surface area contributed by atoms with Crippen molar-refractivity contribution in [1.82, 2.24) is 0 Å². The van der Waals surface area contributed by atoms with Crippen LogP contribution in [0.15, 0.2) is 0 Å². The third-order valence-electron chi connectivity index (χ3n) is 4.46. The molecule has 0 unspecified atom stereocenters. The number of fused-ring (bicyclic) bond motifs is 1. The SMILES string of the molecule is C[C@H]1CCO[C@@]2(C1)OCCO[C@@]21C[C@@H](C)CCO1. The molecule has 4 heteroatoms. The fourth-order valence-electron chi connectivity index (χ4n) is 3.45. The molecular weight excluding hydrogens is 232 g/mol. The van der Waals surface area contributed by atoms with E-state index in [-0.39, 0.29) is 0 Å². The molecule has 3 saturated heterocycles. The first-order valence-corrected chi connectivity index (χ1v) is 7.22. The van der Waals surface area contributed by atoms with Crippen LogP contribution >= 0.6 is 0 Å². The zero-order chi connectivity index (χ0) is 12.6. The van der Waals surface area contributed by atoms with Crippen molar-refractivity contribution in [3.05, 3.63) is 0 Å². The summed E-state index contributed by atoms with van der Waals surface area (Å²) in [6.45, 7) is 7.19. The van der Waals surface area contributed by atoms with E-state index in [4.69, 9.17) is 18.9 Å². The summed E-state index contributed by atoms with van der Waals surface area (Å²) in [5.74, 6) is -0.147. The highest BCUT2D eigenvalue weighted by Crippen LogP contribution is 2.48. The van der Waals surface area contributed by atoms with E-state index in [1.807, 2.05) is 0 Å². The molecule has 0 aromatic heterocycles. The van der Waals surface area contributed by atoms with E-state index in [1.165, 1.54) is 0 Å². The van der Waals surface area contributed by atoms with Crippen molar-refractivity contribution in [3.63, 3.8) is 0 Å². The highest BCUT2D eigenvalue weighted by atomic mass is 16.8. The predicted molar refractivity (Wildman–Crippen MR) is 66.1 cm³/mol. The Balaban J connectivity index is 1.88. The minimum Gasteiger partial charge on any atom is -0.345 e. The normalized spacial score (nSPS) is 49.7. The molecule has 0 aromatic rings. The molecule has 0 amide bonds. The summed E-state index contributed by atoms with van der Waals surface area (Å²) in [4.78, 5) is 0. The zero-order valence-electron chi connectivity index (χ0n) is 11.4. The third kappa shape index (κ3) is 1.99. The maximum absolute atomic E-state index is 6.05. The van der Waals surface area contributed by atoms with Gasteiger partial charge in [-0.2, -0.15) is 0 Å². The Morgan fingerprint density at radius 2 is 1.06 bits per heavy atom. The van der Waals surface area contributed by atoms with Crippen LogP contribution in [0.3, 0.4) is 0 Å². The molecule has 0 aliphatic carbocycles. The summed E-state index contributed by atoms with van der Waals surface area (Å²) >= 11 is 0. The highest BCUT2D eigenvalue weighted by Gasteiger charge is 2.61. The van der Waals surface area contributed by atoms with Gasteiger partial charge in [0.1, 0.15) is 0 Å². The van der Waals surface area contributed by atoms with Crippen molar-refractivity contribution >= 4 is 0 Å². The van der Waals surface area contributed by atoms with E-state index in [2.05, 4.69) is 13.8 Å². The van der Waals surface area contributed by atoms with Gasteiger partial charge in [-0.1, -0.05) is 13.8 Å². The van der Waals surface area contributed by atoms with Crippen LogP contribution < -0.4 is 0 Å². The van der Waals surface area contributed by atoms with Crippen molar-refractivity contribution < 1.29 is 18.9 Å². The first-order chi connectivity index (χ1) is 8.66. The van der Waals surface area contributed by atoms with E-state index in [0.29, 0.717) is 25.0 Å². The lowest BCUT2D eigenvalue weighted by Crippen LogP contribution is -2.67. The van der Waals surface area contributed by atoms with Crippen LogP contribution in [0.25, 0.3) is 0 Å². The van der Waals surface area contributed by atoms with Gasteiger partial charge in [-0.3, -0.25) is 0 Å². The standard InChI is InChI=1S/C14H24O4/c1-11-3-5-15-13(9-11)14(18-8-7-17-13)10-12(2)4-6-16-14/h11-12H,3-10H2,1-2H3/t11-,12-,13-,14-/m0/s1. The van der Waals surface area contributed by atoms with Gasteiger partial charge in [0.25, 0.3) is 0 Å². The molecule has 104 valence electrons. The second-order valence-corrected chi connectivity index (χ2v) is 6.10. The Bertz CT molecular complexity index is 270. The maximum atomic E-state index is 6.05. The Morgan fingerprint density at radius 3 is 1.44 bits per heavy atom. The van der Waals surface area contributed by atoms with Crippen LogP contribution in [0, 0.1) is 11.8 Å². The van der Waals surface area contributed by atoms with E-state index in [1.54, 1.807) is 0 Å². The molecule has 0 saturated carbocycles. The number of ether oxygens (including phenoxy) is 4. The Labute approximate surface area is 109 Å². The molecule has 0 N–H and O–H groups in total. The van der Waals surface area contributed by atoms with Crippen molar-refractivity contribution in [3.8, 4) is 0 Å². The van der Waals surface area contributed by atoms with Crippen LogP contribution in [0.5, 0.6) is 0 Å². The summed E-state index contributed by atoms with van der Waals surface area (Å²) < 4.78 is 24.2. The van der Waals surface area contributed by atoms with Crippen molar-refractivity contribution in [2.45, 2.75) is 51.1 Å². The van der Waals surface area contributed by atoms with Gasteiger partial charge in [-0.25, -0.2) is 0 Å². The molecule has 3 aliphatic rings. The first-order valence-electron chi connectivity index (χ1n) is 7.22. The Hall–Kier alpha value is -0.160. The summed E-state index contributed by atoms with van der Waals surface area (Å²) in [7, 11) is 0. The van der Waals surface area contributed by atoms with Gasteiger partial charge in [0, 0.05) is 12.8 Å². The zero-order valence-corrected chi connectivity index (χ0v) is 11.4. The van der Waals surface area contributed by atoms with Crippen LogP contribution in [0.4, 0.5) is 0 Å². The van der Waals surface area contributed by atoms with Crippen LogP contribution in [-0.2, 0) is 18.9 Å². The third-order valence-corrected chi connectivity index (χ3v) is 4.46. The van der Waals surface area contributed by atoms with E-state index in [9.17, 15) is 0 Å². The number of hydrogen-bond donors (Lipinski definition) is 0. The summed E-state index contributed by atoms with van der Waals surface area (Å²) in [6, 6.07) is 0. The molecule has 0 aromatic carbocycles. The molecule has 3 heterocycles. The average molecular weight is 256 g/mol. The van der Waals surface area contributed by atoms with Crippen molar-refractivity contribution in [2.75, 3.05) is 26.4 Å². The minimum absolute atomic E-state index is 0.596. The summed E-state index contributed by atoms with van der Waals surface area (Å²) in [5, 5.41) is 0. The highest BCUT2D eigenvalue weighted by molar-refractivity contribution is 4.97. The van der Waals surface area contributed by atoms with E-state index in [0.717, 1.165) is 38.9 Å². The van der Waals surface area contributed by atoms with Gasteiger partial charge in [-0.05, 0) is 24.7 Å². The molecule has 3 aliphatic heterocycles. The lowest BCUT2D eigenvalue weighted by molar-refractivity contribution is -0.459. The summed E-state index contributed by atoms with van der Waals surface area (Å²) in [6.07, 6.45) is 3.94. The summed E-state index contributed by atoms with van der Waals surface area (Å²) in [5.41, 5.74) is 0. The van der Waals surface area contributed by atoms with Crippen molar-refractivity contribution in [1.29, 1.82) is 0 Å². The molecule has 4 atom stereocenters. The fourth-order valence-corrected chi connectivity index (χ4v) is 3.45. The van der Waals surface area contributed by atoms with Gasteiger partial charge < -0.3 is 18.9 Å². The molecule has 0 radical (unpaired) electrons. The fraction of sp³-hybridized carbons (Fsp3) is 1.00. The molecule has 2 spiro atoms. The largest absolute Gasteiger partial charge is 0.345 e. The lowest BCUT2D eigenvalue weighted by Gasteiger charge is -2.55. The van der Waals surface area contributed by atoms with Gasteiger partial charge in [-0.15, -0.1) is 0 Å². The quantitative estimate of drug-likeness (QED) is 0.666. The monoisotopic (exact) mass is 256 g/mol. The predicted octanol–water partition coefficient (Wildman–Crippen LogP) is 2.32. The molecule has 3 rings (SSSR count). The molecule has 18 heavy (non-hydrogen) atoms. The Morgan fingerprint density at radius 1 is 0.667 bits per heavy atom. The molecule has 0 bridgehead atoms. The van der Waals surface area contributed by atoms with Gasteiger partial charge >= 0.3 is 0 Å². The van der Waals surface area contributed by atoms with Crippen LogP contribution in [-0.4, -0.2) is 38.0 Å². The average Bonchev–Trinajstić information content (AvgIpc) is 2.34. The van der Waals surface area contributed by atoms with Crippen LogP contribution in [0.1, 0.15) is 39.5 Å². The number of rotatable bonds is 0. The van der Waals surface area contributed by atoms with Gasteiger partial charge in [0.05, 0.1) is 26.4 Å². The smallest absolute Gasteiger partial charge is 0.224 e. The first kappa shape index (κ1) is 12.9. The number of hydrogen-bond acceptors (Lipinski definition) is 4. The second-order valence-electron chi connectivity index (χ2n) is 6.10. The Kier molecular flexibility index (Phi) is 3.39. The maximum Gasteiger partial charge on any atom is 0.224 e. The minimum atomic E-state index is -0.669. The van der Waals surface area contributed by atoms with Crippen LogP contribution in [0.2, 0.25) is 0 Å². The molecule has 3 fully saturated rings. The lowest BCUT2D eigenvalue weighted by atomic mass is 9.82. The molecule has 4 nitrogen and oxygen atoms in total. The van der Waals surface area contributed by atoms with Gasteiger partial charge in [0.2, 0.25) is 11.6 Å². The van der Waals surface area contributed by atoms with E-state index < -0.39 is 11.6 Å². The topological polar surface area (TPSA) is 36.9 Å². The second kappa shape index (κ2) is 4.75. The molecular formula is C14H24O4. The van der Waals surface area contributed by atoms with Gasteiger partial charge in [0.15, 0.2) is 0 Å². The van der Waals surface area contributed by atoms with Crippen molar-refractivity contribution in [2.24, 2.45) is 11.8 Å².